The fourth-order valence-corrected chi connectivity index (χ4v) is 1.62. The molecule has 0 spiro atoms. The summed E-state index contributed by atoms with van der Waals surface area (Å²) >= 11 is 0. The Morgan fingerprint density at radius 1 is 1.38 bits per heavy atom. The lowest BCUT2D eigenvalue weighted by Gasteiger charge is -2.29. The molecule has 1 aromatic carbocycles. The summed E-state index contributed by atoms with van der Waals surface area (Å²) < 4.78 is 0. The molecular formula is C13H19NO2. The summed E-state index contributed by atoms with van der Waals surface area (Å²) in [7, 11) is 1.72. The van der Waals surface area contributed by atoms with Gasteiger partial charge in [-0.2, -0.15) is 0 Å². The number of nitrogens with zero attached hydrogens (tertiary/aromatic N) is 1. The van der Waals surface area contributed by atoms with Crippen LogP contribution in [-0.2, 0) is 4.79 Å². The van der Waals surface area contributed by atoms with Gasteiger partial charge in [0.2, 0.25) is 5.91 Å². The van der Waals surface area contributed by atoms with Crippen LogP contribution in [0.1, 0.15) is 31.9 Å². The molecule has 0 aliphatic rings. The van der Waals surface area contributed by atoms with Gasteiger partial charge in [-0.25, -0.2) is 0 Å². The second-order valence-electron chi connectivity index (χ2n) is 3.95. The van der Waals surface area contributed by atoms with Crippen molar-refractivity contribution in [1.29, 1.82) is 0 Å². The molecule has 16 heavy (non-hydrogen) atoms. The lowest BCUT2D eigenvalue weighted by Crippen LogP contribution is -2.38. The summed E-state index contributed by atoms with van der Waals surface area (Å²) in [6.45, 7) is 3.67. The maximum atomic E-state index is 11.5. The molecule has 1 rings (SSSR count). The summed E-state index contributed by atoms with van der Waals surface area (Å²) in [5.74, 6) is 0.0440. The molecule has 1 unspecified atom stereocenters. The number of benzene rings is 1. The summed E-state index contributed by atoms with van der Waals surface area (Å²) in [6.07, 6.45) is -0.177. The Kier molecular flexibility index (Phi) is 4.50. The third kappa shape index (κ3) is 2.83. The van der Waals surface area contributed by atoms with Crippen LogP contribution in [-0.4, -0.2) is 29.0 Å². The van der Waals surface area contributed by atoms with Gasteiger partial charge in [-0.05, 0) is 12.5 Å². The van der Waals surface area contributed by atoms with Crippen molar-refractivity contribution in [2.24, 2.45) is 0 Å². The molecule has 1 N–H and O–H groups in total. The number of hydrogen-bond acceptors (Lipinski definition) is 2. The van der Waals surface area contributed by atoms with Crippen LogP contribution in [0.4, 0.5) is 0 Å². The molecule has 0 saturated carbocycles. The van der Waals surface area contributed by atoms with E-state index in [1.807, 2.05) is 44.2 Å². The third-order valence-electron chi connectivity index (χ3n) is 2.90. The summed E-state index contributed by atoms with van der Waals surface area (Å²) in [5, 5.41) is 10.1. The third-order valence-corrected chi connectivity index (χ3v) is 2.90. The second-order valence-corrected chi connectivity index (χ2v) is 3.95. The zero-order chi connectivity index (χ0) is 12.1. The molecule has 0 aromatic heterocycles. The average molecular weight is 221 g/mol. The number of aliphatic hydroxyl groups is 1. The molecule has 0 aliphatic carbocycles. The van der Waals surface area contributed by atoms with Crippen molar-refractivity contribution in [3.63, 3.8) is 0 Å². The zero-order valence-corrected chi connectivity index (χ0v) is 10.1. The fourth-order valence-electron chi connectivity index (χ4n) is 1.62. The van der Waals surface area contributed by atoms with Crippen molar-refractivity contribution in [2.75, 3.05) is 7.05 Å². The van der Waals surface area contributed by atoms with Gasteiger partial charge in [0.1, 0.15) is 0 Å². The highest BCUT2D eigenvalue weighted by atomic mass is 16.3. The van der Waals surface area contributed by atoms with Gasteiger partial charge in [-0.15, -0.1) is 0 Å². The number of amides is 1. The SMILES string of the molecule is CCC(=O)N(C)C(C)[C@H](O)c1ccccc1. The number of hydrogen-bond donors (Lipinski definition) is 1. The highest BCUT2D eigenvalue weighted by Crippen LogP contribution is 2.19. The van der Waals surface area contributed by atoms with E-state index in [9.17, 15) is 9.90 Å². The molecule has 0 saturated heterocycles. The Hall–Kier alpha value is -1.35. The maximum Gasteiger partial charge on any atom is 0.222 e. The summed E-state index contributed by atoms with van der Waals surface area (Å²) in [4.78, 5) is 13.1. The standard InChI is InChI=1S/C13H19NO2/c1-4-12(15)14(3)10(2)13(16)11-8-6-5-7-9-11/h5-10,13,16H,4H2,1-3H3/t10?,13-/m0/s1. The van der Waals surface area contributed by atoms with E-state index in [0.29, 0.717) is 6.42 Å². The van der Waals surface area contributed by atoms with Crippen LogP contribution in [0.15, 0.2) is 30.3 Å². The van der Waals surface area contributed by atoms with Crippen LogP contribution in [0.2, 0.25) is 0 Å². The van der Waals surface area contributed by atoms with Gasteiger partial charge < -0.3 is 10.0 Å². The van der Waals surface area contributed by atoms with E-state index in [-0.39, 0.29) is 11.9 Å². The molecule has 2 atom stereocenters. The average Bonchev–Trinajstić information content (AvgIpc) is 2.36. The smallest absolute Gasteiger partial charge is 0.222 e. The summed E-state index contributed by atoms with van der Waals surface area (Å²) in [6, 6.07) is 9.19. The van der Waals surface area contributed by atoms with E-state index < -0.39 is 6.10 Å². The van der Waals surface area contributed by atoms with Crippen LogP contribution in [0.3, 0.4) is 0 Å². The highest BCUT2D eigenvalue weighted by Gasteiger charge is 2.22. The Balaban J connectivity index is 2.74. The van der Waals surface area contributed by atoms with Crippen molar-refractivity contribution >= 4 is 5.91 Å². The van der Waals surface area contributed by atoms with Gasteiger partial charge in [-0.1, -0.05) is 37.3 Å². The van der Waals surface area contributed by atoms with Crippen LogP contribution < -0.4 is 0 Å². The van der Waals surface area contributed by atoms with Crippen molar-refractivity contribution in [2.45, 2.75) is 32.4 Å². The lowest BCUT2D eigenvalue weighted by molar-refractivity contribution is -0.133. The lowest BCUT2D eigenvalue weighted by atomic mass is 10.0. The molecule has 1 aromatic rings. The van der Waals surface area contributed by atoms with Crippen LogP contribution in [0.25, 0.3) is 0 Å². The zero-order valence-electron chi connectivity index (χ0n) is 10.1. The predicted molar refractivity (Wildman–Crippen MR) is 63.9 cm³/mol. The first-order valence-corrected chi connectivity index (χ1v) is 5.56. The molecule has 0 bridgehead atoms. The topological polar surface area (TPSA) is 40.5 Å². The Morgan fingerprint density at radius 3 is 2.44 bits per heavy atom. The minimum absolute atomic E-state index is 0.0440. The van der Waals surface area contributed by atoms with Crippen LogP contribution >= 0.6 is 0 Å². The highest BCUT2D eigenvalue weighted by molar-refractivity contribution is 5.75. The molecule has 0 radical (unpaired) electrons. The van der Waals surface area contributed by atoms with Crippen LogP contribution in [0.5, 0.6) is 0 Å². The van der Waals surface area contributed by atoms with Gasteiger partial charge in [0.05, 0.1) is 12.1 Å². The van der Waals surface area contributed by atoms with E-state index >= 15 is 0 Å². The number of carbonyl (C=O) groups excluding carboxylic acids is 1. The molecule has 3 heteroatoms. The number of carbonyl (C=O) groups is 1. The molecule has 0 aliphatic heterocycles. The Morgan fingerprint density at radius 2 is 1.94 bits per heavy atom. The normalized spacial score (nSPS) is 14.2. The first-order chi connectivity index (χ1) is 7.57. The monoisotopic (exact) mass is 221 g/mol. The van der Waals surface area contributed by atoms with E-state index in [0.717, 1.165) is 5.56 Å². The molecule has 88 valence electrons. The van der Waals surface area contributed by atoms with Crippen LogP contribution in [0, 0.1) is 0 Å². The predicted octanol–water partition coefficient (Wildman–Crippen LogP) is 1.98. The molecule has 0 fully saturated rings. The molecular weight excluding hydrogens is 202 g/mol. The van der Waals surface area contributed by atoms with Crippen molar-refractivity contribution < 1.29 is 9.90 Å². The Labute approximate surface area is 96.7 Å². The van der Waals surface area contributed by atoms with Gasteiger partial charge in [0.15, 0.2) is 0 Å². The quantitative estimate of drug-likeness (QED) is 0.844. The second kappa shape index (κ2) is 5.66. The number of aliphatic hydroxyl groups excluding tert-OH is 1. The van der Waals surface area contributed by atoms with Gasteiger partial charge in [0.25, 0.3) is 0 Å². The maximum absolute atomic E-state index is 11.5. The summed E-state index contributed by atoms with van der Waals surface area (Å²) in [5.41, 5.74) is 0.839. The van der Waals surface area contributed by atoms with E-state index in [4.69, 9.17) is 0 Å². The van der Waals surface area contributed by atoms with Crippen molar-refractivity contribution in [1.82, 2.24) is 4.90 Å². The fraction of sp³-hybridized carbons (Fsp3) is 0.462. The van der Waals surface area contributed by atoms with Crippen molar-refractivity contribution in [3.8, 4) is 0 Å². The minimum Gasteiger partial charge on any atom is -0.386 e. The number of rotatable bonds is 4. The van der Waals surface area contributed by atoms with Gasteiger partial charge in [-0.3, -0.25) is 4.79 Å². The first-order valence-electron chi connectivity index (χ1n) is 5.56. The molecule has 0 heterocycles. The van der Waals surface area contributed by atoms with Crippen molar-refractivity contribution in [3.05, 3.63) is 35.9 Å². The van der Waals surface area contributed by atoms with E-state index in [2.05, 4.69) is 0 Å². The van der Waals surface area contributed by atoms with Gasteiger partial charge >= 0.3 is 0 Å². The molecule has 1 amide bonds. The molecule has 3 nitrogen and oxygen atoms in total. The van der Waals surface area contributed by atoms with E-state index in [1.54, 1.807) is 11.9 Å². The number of likely N-dealkylation sites (N-methyl/N-ethyl adjacent to an activating group) is 1. The first kappa shape index (κ1) is 12.7. The van der Waals surface area contributed by atoms with Gasteiger partial charge in [0, 0.05) is 13.5 Å². The Bertz CT molecular complexity index is 337. The van der Waals surface area contributed by atoms with E-state index in [1.165, 1.54) is 0 Å². The largest absolute Gasteiger partial charge is 0.386 e. The minimum atomic E-state index is -0.637.